The summed E-state index contributed by atoms with van der Waals surface area (Å²) in [5.74, 6) is 1.52. The number of hydrogen-bond donors (Lipinski definition) is 0. The summed E-state index contributed by atoms with van der Waals surface area (Å²) >= 11 is 0. The van der Waals surface area contributed by atoms with E-state index < -0.39 is 0 Å². The predicted molar refractivity (Wildman–Crippen MR) is 56.9 cm³/mol. The van der Waals surface area contributed by atoms with E-state index in [1.165, 1.54) is 19.3 Å². The van der Waals surface area contributed by atoms with Crippen LogP contribution in [0, 0.1) is 17.8 Å². The molecule has 0 spiro atoms. The number of hydrogen-bond acceptors (Lipinski definition) is 2. The van der Waals surface area contributed by atoms with E-state index >= 15 is 0 Å². The summed E-state index contributed by atoms with van der Waals surface area (Å²) in [6, 6.07) is 0. The fourth-order valence-corrected chi connectivity index (χ4v) is 2.48. The Morgan fingerprint density at radius 2 is 2.07 bits per heavy atom. The molecule has 0 amide bonds. The van der Waals surface area contributed by atoms with Gasteiger partial charge < -0.3 is 4.74 Å². The van der Waals surface area contributed by atoms with Gasteiger partial charge in [-0.15, -0.1) is 0 Å². The van der Waals surface area contributed by atoms with Crippen LogP contribution in [-0.2, 0) is 9.53 Å². The van der Waals surface area contributed by atoms with Crippen LogP contribution >= 0.6 is 0 Å². The van der Waals surface area contributed by atoms with E-state index in [4.69, 9.17) is 4.74 Å². The molecule has 0 heterocycles. The van der Waals surface area contributed by atoms with Crippen LogP contribution < -0.4 is 0 Å². The topological polar surface area (TPSA) is 26.3 Å². The molecule has 1 aliphatic carbocycles. The molecular weight excluding hydrogens is 176 g/mol. The minimum atomic E-state index is 0.0227. The van der Waals surface area contributed by atoms with Gasteiger partial charge in [-0.2, -0.15) is 0 Å². The van der Waals surface area contributed by atoms with E-state index in [1.54, 1.807) is 0 Å². The molecule has 3 unspecified atom stereocenters. The first kappa shape index (κ1) is 11.5. The molecule has 0 aliphatic heterocycles. The summed E-state index contributed by atoms with van der Waals surface area (Å²) in [5, 5.41) is 0. The Labute approximate surface area is 87.0 Å². The summed E-state index contributed by atoms with van der Waals surface area (Å²) in [7, 11) is 0. The van der Waals surface area contributed by atoms with Gasteiger partial charge in [0.2, 0.25) is 0 Å². The van der Waals surface area contributed by atoms with Crippen molar-refractivity contribution in [2.24, 2.45) is 17.8 Å². The van der Waals surface area contributed by atoms with Crippen molar-refractivity contribution in [3.8, 4) is 0 Å². The molecule has 0 N–H and O–H groups in total. The Morgan fingerprint density at radius 3 is 2.57 bits per heavy atom. The van der Waals surface area contributed by atoms with Gasteiger partial charge in [0.1, 0.15) is 0 Å². The second-order valence-corrected chi connectivity index (χ2v) is 4.42. The second kappa shape index (κ2) is 5.38. The van der Waals surface area contributed by atoms with Gasteiger partial charge in [0.05, 0.1) is 12.5 Å². The zero-order chi connectivity index (χ0) is 10.6. The zero-order valence-corrected chi connectivity index (χ0v) is 9.58. The molecule has 0 aromatic carbocycles. The molecule has 0 radical (unpaired) electrons. The van der Waals surface area contributed by atoms with Crippen molar-refractivity contribution < 1.29 is 9.53 Å². The fourth-order valence-electron chi connectivity index (χ4n) is 2.48. The first-order chi connectivity index (χ1) is 6.69. The number of carbonyl (C=O) groups is 1. The van der Waals surface area contributed by atoms with Crippen LogP contribution in [0.15, 0.2) is 0 Å². The molecule has 0 aromatic heterocycles. The number of ether oxygens (including phenoxy) is 1. The first-order valence-electron chi connectivity index (χ1n) is 5.85. The maximum atomic E-state index is 11.6. The molecule has 0 aromatic rings. The third kappa shape index (κ3) is 2.73. The molecule has 1 fully saturated rings. The van der Waals surface area contributed by atoms with Gasteiger partial charge in [0.25, 0.3) is 0 Å². The lowest BCUT2D eigenvalue weighted by atomic mass is 9.74. The van der Waals surface area contributed by atoms with Crippen molar-refractivity contribution in [1.82, 2.24) is 0 Å². The maximum absolute atomic E-state index is 11.6. The number of carbonyl (C=O) groups excluding carboxylic acids is 1. The van der Waals surface area contributed by atoms with Crippen LogP contribution in [0.5, 0.6) is 0 Å². The Balaban J connectivity index is 2.45. The molecule has 2 nitrogen and oxygen atoms in total. The van der Waals surface area contributed by atoms with Gasteiger partial charge in [-0.1, -0.05) is 20.3 Å². The van der Waals surface area contributed by atoms with Crippen molar-refractivity contribution in [2.45, 2.75) is 46.5 Å². The number of esters is 1. The van der Waals surface area contributed by atoms with Crippen molar-refractivity contribution in [1.29, 1.82) is 0 Å². The average molecular weight is 198 g/mol. The summed E-state index contributed by atoms with van der Waals surface area (Å²) in [4.78, 5) is 11.6. The molecular formula is C12H22O2. The Morgan fingerprint density at radius 1 is 1.36 bits per heavy atom. The minimum absolute atomic E-state index is 0.0227. The molecule has 14 heavy (non-hydrogen) atoms. The predicted octanol–water partition coefficient (Wildman–Crippen LogP) is 3.01. The lowest BCUT2D eigenvalue weighted by molar-refractivity contribution is -0.151. The van der Waals surface area contributed by atoms with Gasteiger partial charge in [-0.25, -0.2) is 0 Å². The molecule has 0 bridgehead atoms. The minimum Gasteiger partial charge on any atom is -0.466 e. The van der Waals surface area contributed by atoms with Crippen LogP contribution in [0.25, 0.3) is 0 Å². The van der Waals surface area contributed by atoms with Gasteiger partial charge in [0.15, 0.2) is 0 Å². The standard InChI is InChI=1S/C12H22O2/c1-4-10-6-7-11(9(3)8-10)12(13)14-5-2/h9-11H,4-8H2,1-3H3. The molecule has 1 rings (SSSR count). The number of rotatable bonds is 3. The Kier molecular flexibility index (Phi) is 4.43. The Hall–Kier alpha value is -0.530. The first-order valence-corrected chi connectivity index (χ1v) is 5.85. The monoisotopic (exact) mass is 198 g/mol. The molecule has 1 saturated carbocycles. The van der Waals surface area contributed by atoms with Crippen LogP contribution in [0.1, 0.15) is 46.5 Å². The maximum Gasteiger partial charge on any atom is 0.309 e. The highest BCUT2D eigenvalue weighted by Crippen LogP contribution is 2.35. The highest BCUT2D eigenvalue weighted by molar-refractivity contribution is 5.72. The van der Waals surface area contributed by atoms with E-state index in [0.29, 0.717) is 12.5 Å². The fraction of sp³-hybridized carbons (Fsp3) is 0.917. The van der Waals surface area contributed by atoms with Crippen LogP contribution in [0.2, 0.25) is 0 Å². The summed E-state index contributed by atoms with van der Waals surface area (Å²) in [5.41, 5.74) is 0. The summed E-state index contributed by atoms with van der Waals surface area (Å²) in [6.07, 6.45) is 4.67. The SMILES string of the molecule is CCOC(=O)C1CCC(CC)CC1C. The van der Waals surface area contributed by atoms with Gasteiger partial charge in [-0.3, -0.25) is 4.79 Å². The zero-order valence-electron chi connectivity index (χ0n) is 9.58. The van der Waals surface area contributed by atoms with E-state index in [2.05, 4.69) is 13.8 Å². The molecule has 0 saturated heterocycles. The quantitative estimate of drug-likeness (QED) is 0.652. The molecule has 3 atom stereocenters. The average Bonchev–Trinajstić information content (AvgIpc) is 2.17. The highest BCUT2D eigenvalue weighted by atomic mass is 16.5. The normalized spacial score (nSPS) is 32.6. The second-order valence-electron chi connectivity index (χ2n) is 4.42. The van der Waals surface area contributed by atoms with Gasteiger partial charge >= 0.3 is 5.97 Å². The highest BCUT2D eigenvalue weighted by Gasteiger charge is 2.32. The third-order valence-corrected chi connectivity index (χ3v) is 3.44. The van der Waals surface area contributed by atoms with Crippen molar-refractivity contribution in [3.05, 3.63) is 0 Å². The lowest BCUT2D eigenvalue weighted by Gasteiger charge is -2.32. The summed E-state index contributed by atoms with van der Waals surface area (Å²) in [6.45, 7) is 6.81. The Bertz CT molecular complexity index is 189. The lowest BCUT2D eigenvalue weighted by Crippen LogP contribution is -2.30. The van der Waals surface area contributed by atoms with Crippen LogP contribution in [0.4, 0.5) is 0 Å². The van der Waals surface area contributed by atoms with E-state index in [1.807, 2.05) is 6.92 Å². The van der Waals surface area contributed by atoms with E-state index in [-0.39, 0.29) is 11.9 Å². The molecule has 82 valence electrons. The van der Waals surface area contributed by atoms with Crippen LogP contribution in [0.3, 0.4) is 0 Å². The summed E-state index contributed by atoms with van der Waals surface area (Å²) < 4.78 is 5.08. The molecule has 2 heteroatoms. The van der Waals surface area contributed by atoms with E-state index in [9.17, 15) is 4.79 Å². The van der Waals surface area contributed by atoms with E-state index in [0.717, 1.165) is 12.3 Å². The van der Waals surface area contributed by atoms with Gasteiger partial charge in [-0.05, 0) is 38.0 Å². The van der Waals surface area contributed by atoms with Crippen molar-refractivity contribution in [2.75, 3.05) is 6.61 Å². The smallest absolute Gasteiger partial charge is 0.309 e. The van der Waals surface area contributed by atoms with Crippen LogP contribution in [-0.4, -0.2) is 12.6 Å². The van der Waals surface area contributed by atoms with Crippen molar-refractivity contribution >= 4 is 5.97 Å². The van der Waals surface area contributed by atoms with Gasteiger partial charge in [0, 0.05) is 0 Å². The largest absolute Gasteiger partial charge is 0.466 e. The third-order valence-electron chi connectivity index (χ3n) is 3.44. The molecule has 1 aliphatic rings. The van der Waals surface area contributed by atoms with Crippen molar-refractivity contribution in [3.63, 3.8) is 0 Å².